The van der Waals surface area contributed by atoms with E-state index < -0.39 is 17.4 Å². The lowest BCUT2D eigenvalue weighted by atomic mass is 9.88. The summed E-state index contributed by atoms with van der Waals surface area (Å²) < 4.78 is 5.33. The maximum Gasteiger partial charge on any atom is 0.308 e. The van der Waals surface area contributed by atoms with Gasteiger partial charge >= 0.3 is 5.97 Å². The summed E-state index contributed by atoms with van der Waals surface area (Å²) in [4.78, 5) is 25.5. The molecule has 1 saturated heterocycles. The van der Waals surface area contributed by atoms with Gasteiger partial charge in [0.15, 0.2) is 0 Å². The van der Waals surface area contributed by atoms with Crippen molar-refractivity contribution >= 4 is 11.9 Å². The minimum Gasteiger partial charge on any atom is -0.496 e. The Hall–Kier alpha value is -2.08. The molecule has 3 N–H and O–H groups in total. The second-order valence-corrected chi connectivity index (χ2v) is 6.22. The molecule has 0 spiro atoms. The summed E-state index contributed by atoms with van der Waals surface area (Å²) >= 11 is 0. The van der Waals surface area contributed by atoms with E-state index in [1.807, 2.05) is 18.2 Å². The van der Waals surface area contributed by atoms with Crippen molar-refractivity contribution < 1.29 is 19.4 Å². The number of carbonyl (C=O) groups is 2. The molecule has 120 valence electrons. The molecule has 1 heterocycles. The minimum absolute atomic E-state index is 0.164. The number of likely N-dealkylation sites (tertiary alicyclic amines) is 1. The molecule has 6 heteroatoms. The van der Waals surface area contributed by atoms with E-state index in [0.29, 0.717) is 12.3 Å². The number of nitrogens with zero attached hydrogens (tertiary/aromatic N) is 1. The number of benzene rings is 1. The van der Waals surface area contributed by atoms with Crippen LogP contribution < -0.4 is 10.5 Å². The molecular weight excluding hydrogens is 284 g/mol. The summed E-state index contributed by atoms with van der Waals surface area (Å²) in [5.41, 5.74) is 5.65. The number of methoxy groups -OCH3 is 1. The van der Waals surface area contributed by atoms with E-state index in [1.165, 1.54) is 4.90 Å². The highest BCUT2D eigenvalue weighted by Crippen LogP contribution is 2.38. The lowest BCUT2D eigenvalue weighted by Gasteiger charge is -2.25. The Bertz CT molecular complexity index is 580. The summed E-state index contributed by atoms with van der Waals surface area (Å²) in [6.45, 7) is 3.75. The van der Waals surface area contributed by atoms with Gasteiger partial charge in [0, 0.05) is 19.0 Å². The third-order valence-corrected chi connectivity index (χ3v) is 4.01. The number of carbonyl (C=O) groups excluding carboxylic acids is 1. The Balaban J connectivity index is 2.34. The van der Waals surface area contributed by atoms with Crippen LogP contribution in [0.2, 0.25) is 0 Å². The summed E-state index contributed by atoms with van der Waals surface area (Å²) in [7, 11) is 1.55. The van der Waals surface area contributed by atoms with Crippen molar-refractivity contribution in [1.82, 2.24) is 4.90 Å². The van der Waals surface area contributed by atoms with E-state index in [2.05, 4.69) is 0 Å². The predicted octanol–water partition coefficient (Wildman–Crippen LogP) is 1.06. The van der Waals surface area contributed by atoms with Gasteiger partial charge in [-0.25, -0.2) is 0 Å². The number of para-hydroxylation sites is 1. The number of hydrogen-bond acceptors (Lipinski definition) is 4. The molecule has 1 aromatic carbocycles. The van der Waals surface area contributed by atoms with Gasteiger partial charge in [0.25, 0.3) is 0 Å². The number of carboxylic acid groups (broad SMARTS) is 1. The fourth-order valence-electron chi connectivity index (χ4n) is 2.92. The molecule has 0 aliphatic carbocycles. The lowest BCUT2D eigenvalue weighted by Crippen LogP contribution is -2.50. The maximum atomic E-state index is 12.3. The Morgan fingerprint density at radius 3 is 2.50 bits per heavy atom. The fraction of sp³-hybridized carbons (Fsp3) is 0.500. The first-order valence-corrected chi connectivity index (χ1v) is 7.19. The van der Waals surface area contributed by atoms with Gasteiger partial charge in [0.05, 0.1) is 18.6 Å². The molecule has 2 atom stereocenters. The average Bonchev–Trinajstić information content (AvgIpc) is 2.90. The van der Waals surface area contributed by atoms with Gasteiger partial charge in [-0.2, -0.15) is 0 Å². The van der Waals surface area contributed by atoms with E-state index in [9.17, 15) is 14.7 Å². The van der Waals surface area contributed by atoms with Gasteiger partial charge in [-0.3, -0.25) is 9.59 Å². The van der Waals surface area contributed by atoms with Gasteiger partial charge in [-0.05, 0) is 25.5 Å². The van der Waals surface area contributed by atoms with Crippen LogP contribution in [-0.2, 0) is 9.59 Å². The highest BCUT2D eigenvalue weighted by Gasteiger charge is 2.43. The van der Waals surface area contributed by atoms with Crippen LogP contribution in [0.15, 0.2) is 24.3 Å². The third kappa shape index (κ3) is 3.06. The smallest absolute Gasteiger partial charge is 0.308 e. The van der Waals surface area contributed by atoms with Crippen LogP contribution in [-0.4, -0.2) is 47.6 Å². The van der Waals surface area contributed by atoms with E-state index in [-0.39, 0.29) is 18.4 Å². The molecule has 2 rings (SSSR count). The van der Waals surface area contributed by atoms with Gasteiger partial charge in [0.2, 0.25) is 5.91 Å². The Morgan fingerprint density at radius 1 is 1.32 bits per heavy atom. The predicted molar refractivity (Wildman–Crippen MR) is 81.7 cm³/mol. The highest BCUT2D eigenvalue weighted by molar-refractivity contribution is 5.86. The van der Waals surface area contributed by atoms with E-state index in [4.69, 9.17) is 10.5 Å². The van der Waals surface area contributed by atoms with Crippen LogP contribution in [0.4, 0.5) is 0 Å². The normalized spacial score (nSPS) is 21.7. The molecule has 0 unspecified atom stereocenters. The number of nitrogens with two attached hydrogens (primary N) is 1. The largest absolute Gasteiger partial charge is 0.496 e. The zero-order valence-corrected chi connectivity index (χ0v) is 13.1. The Kier molecular flexibility index (Phi) is 4.42. The van der Waals surface area contributed by atoms with Crippen molar-refractivity contribution in [1.29, 1.82) is 0 Å². The summed E-state index contributed by atoms with van der Waals surface area (Å²) in [6, 6.07) is 7.32. The van der Waals surface area contributed by atoms with Crippen molar-refractivity contribution in [3.63, 3.8) is 0 Å². The zero-order valence-electron chi connectivity index (χ0n) is 13.1. The van der Waals surface area contributed by atoms with E-state index in [1.54, 1.807) is 27.0 Å². The molecule has 1 amide bonds. The summed E-state index contributed by atoms with van der Waals surface area (Å²) in [5.74, 6) is -1.49. The molecule has 6 nitrogen and oxygen atoms in total. The number of rotatable bonds is 4. The maximum absolute atomic E-state index is 12.3. The quantitative estimate of drug-likeness (QED) is 0.867. The Morgan fingerprint density at radius 2 is 1.95 bits per heavy atom. The number of hydrogen-bond donors (Lipinski definition) is 2. The van der Waals surface area contributed by atoms with Crippen molar-refractivity contribution in [3.8, 4) is 5.75 Å². The first kappa shape index (κ1) is 16.3. The molecule has 0 aromatic heterocycles. The topological polar surface area (TPSA) is 92.9 Å². The van der Waals surface area contributed by atoms with Crippen LogP contribution >= 0.6 is 0 Å². The lowest BCUT2D eigenvalue weighted by molar-refractivity contribution is -0.142. The summed E-state index contributed by atoms with van der Waals surface area (Å²) in [5, 5.41) is 9.50. The standard InChI is InChI=1S/C16H22N2O4/c1-16(2,17)15(21)18-8-11(12(9-18)14(19)20)10-6-4-5-7-13(10)22-3/h4-7,11-12H,8-9,17H2,1-3H3,(H,19,20)/t11-,12+/m0/s1. The van der Waals surface area contributed by atoms with Crippen molar-refractivity contribution in [2.45, 2.75) is 25.3 Å². The monoisotopic (exact) mass is 306 g/mol. The molecule has 0 bridgehead atoms. The van der Waals surface area contributed by atoms with Crippen LogP contribution in [0.5, 0.6) is 5.75 Å². The van der Waals surface area contributed by atoms with Crippen LogP contribution in [0.3, 0.4) is 0 Å². The molecular formula is C16H22N2O4. The number of aliphatic carboxylic acids is 1. The molecule has 22 heavy (non-hydrogen) atoms. The molecule has 0 saturated carbocycles. The van der Waals surface area contributed by atoms with Crippen molar-refractivity contribution in [2.24, 2.45) is 11.7 Å². The minimum atomic E-state index is -1.02. The molecule has 1 aromatic rings. The average molecular weight is 306 g/mol. The summed E-state index contributed by atoms with van der Waals surface area (Å²) in [6.07, 6.45) is 0. The van der Waals surface area contributed by atoms with Gasteiger partial charge < -0.3 is 20.5 Å². The van der Waals surface area contributed by atoms with E-state index in [0.717, 1.165) is 5.56 Å². The fourth-order valence-corrected chi connectivity index (χ4v) is 2.92. The van der Waals surface area contributed by atoms with E-state index >= 15 is 0 Å². The SMILES string of the molecule is COc1ccccc1[C@@H]1CN(C(=O)C(C)(C)N)C[C@H]1C(=O)O. The zero-order chi connectivity index (χ0) is 16.5. The van der Waals surface area contributed by atoms with Crippen LogP contribution in [0.1, 0.15) is 25.3 Å². The highest BCUT2D eigenvalue weighted by atomic mass is 16.5. The number of ether oxygens (including phenoxy) is 1. The molecule has 1 aliphatic rings. The second kappa shape index (κ2) is 5.96. The first-order chi connectivity index (χ1) is 10.3. The third-order valence-electron chi connectivity index (χ3n) is 4.01. The molecule has 1 aliphatic heterocycles. The molecule has 1 fully saturated rings. The van der Waals surface area contributed by atoms with Gasteiger partial charge in [0.1, 0.15) is 5.75 Å². The first-order valence-electron chi connectivity index (χ1n) is 7.19. The van der Waals surface area contributed by atoms with Crippen molar-refractivity contribution in [3.05, 3.63) is 29.8 Å². The van der Waals surface area contributed by atoms with Crippen LogP contribution in [0.25, 0.3) is 0 Å². The molecule has 0 radical (unpaired) electrons. The van der Waals surface area contributed by atoms with Gasteiger partial charge in [-0.15, -0.1) is 0 Å². The Labute approximate surface area is 129 Å². The second-order valence-electron chi connectivity index (χ2n) is 6.22. The van der Waals surface area contributed by atoms with Gasteiger partial charge in [-0.1, -0.05) is 18.2 Å². The van der Waals surface area contributed by atoms with Crippen LogP contribution in [0, 0.1) is 5.92 Å². The number of carboxylic acids is 1. The number of amides is 1. The van der Waals surface area contributed by atoms with Crippen molar-refractivity contribution in [2.75, 3.05) is 20.2 Å².